The van der Waals surface area contributed by atoms with Crippen LogP contribution < -0.4 is 0 Å². The lowest BCUT2D eigenvalue weighted by Crippen LogP contribution is -2.72. The van der Waals surface area contributed by atoms with Crippen molar-refractivity contribution in [1.82, 2.24) is 0 Å². The monoisotopic (exact) mass is 480 g/mol. The van der Waals surface area contributed by atoms with Crippen LogP contribution in [0.5, 0.6) is 0 Å². The first-order chi connectivity index (χ1) is 10.4. The molecule has 0 amide bonds. The Morgan fingerprint density at radius 3 is 1.08 bits per heavy atom. The first kappa shape index (κ1) is 25.2. The van der Waals surface area contributed by atoms with Crippen molar-refractivity contribution in [3.05, 3.63) is 0 Å². The fourth-order valence-corrected chi connectivity index (χ4v) is 2.18. The average Bonchev–Trinajstić information content (AvgIpc) is 2.34. The van der Waals surface area contributed by atoms with Gasteiger partial charge in [-0.2, -0.15) is 48.3 Å². The molecule has 152 valence electrons. The molecule has 0 N–H and O–H groups in total. The van der Waals surface area contributed by atoms with Crippen LogP contribution in [-0.2, 0) is 0 Å². The van der Waals surface area contributed by atoms with E-state index < -0.39 is 55.4 Å². The molecule has 0 nitrogen and oxygen atoms in total. The van der Waals surface area contributed by atoms with E-state index in [-0.39, 0.29) is 0 Å². The van der Waals surface area contributed by atoms with Crippen molar-refractivity contribution in [2.45, 2.75) is 45.1 Å². The molecule has 0 saturated heterocycles. The molecule has 0 heterocycles. The van der Waals surface area contributed by atoms with Crippen molar-refractivity contribution in [1.29, 1.82) is 0 Å². The molecule has 0 aromatic carbocycles. The van der Waals surface area contributed by atoms with Crippen molar-refractivity contribution < 1.29 is 57.1 Å². The van der Waals surface area contributed by atoms with Gasteiger partial charge in [0.15, 0.2) is 5.38 Å². The van der Waals surface area contributed by atoms with Crippen LogP contribution in [0.25, 0.3) is 0 Å². The van der Waals surface area contributed by atoms with E-state index in [1.54, 1.807) is 0 Å². The molecule has 0 bridgehead atoms. The number of alkyl halides is 16. The van der Waals surface area contributed by atoms with Crippen molar-refractivity contribution in [2.75, 3.05) is 0 Å². The minimum Gasteiger partial charge on any atom is -0.206 e. The lowest BCUT2D eigenvalue weighted by atomic mass is 9.94. The summed E-state index contributed by atoms with van der Waals surface area (Å²) < 4.78 is 163. The molecule has 1 atom stereocenters. The van der Waals surface area contributed by atoms with Gasteiger partial charge in [-0.25, -0.2) is 8.78 Å². The van der Waals surface area contributed by atoms with Gasteiger partial charge in [-0.3, -0.25) is 0 Å². The summed E-state index contributed by atoms with van der Waals surface area (Å²) in [7, 11) is -2.20. The summed E-state index contributed by atoms with van der Waals surface area (Å²) in [6, 6.07) is 0. The molecule has 0 rings (SSSR count). The Morgan fingerprint density at radius 1 is 0.560 bits per heavy atom. The zero-order valence-corrected chi connectivity index (χ0v) is 15.4. The third-order valence-corrected chi connectivity index (χ3v) is 5.10. The average molecular weight is 482 g/mol. The number of rotatable bonds is 6. The summed E-state index contributed by atoms with van der Waals surface area (Å²) in [5.41, 5.74) is -5.85. The van der Waals surface area contributed by atoms with Crippen LogP contribution in [0, 0.1) is 0 Å². The van der Waals surface area contributed by atoms with E-state index in [4.69, 9.17) is 0 Å². The van der Waals surface area contributed by atoms with Gasteiger partial charge < -0.3 is 0 Å². The molecule has 1 unspecified atom stereocenters. The third kappa shape index (κ3) is 3.64. The van der Waals surface area contributed by atoms with E-state index in [1.165, 1.54) is 0 Å². The van der Waals surface area contributed by atoms with E-state index in [2.05, 4.69) is 34.8 Å². The van der Waals surface area contributed by atoms with Crippen molar-refractivity contribution in [3.8, 4) is 0 Å². The predicted molar refractivity (Wildman–Crippen MR) is 64.8 cm³/mol. The minimum atomic E-state index is -7.56. The Hall–Kier alpha value is 0.177. The molecule has 0 radical (unpaired) electrons. The Labute approximate surface area is 148 Å². The summed E-state index contributed by atoms with van der Waals surface area (Å²) in [6.07, 6.45) is -6.08. The van der Waals surface area contributed by atoms with Gasteiger partial charge in [0.2, 0.25) is 4.33 Å². The van der Waals surface area contributed by atoms with E-state index in [0.29, 0.717) is 0 Å². The molecule has 0 spiro atoms. The minimum absolute atomic E-state index is 2.20. The van der Waals surface area contributed by atoms with Crippen molar-refractivity contribution in [3.63, 3.8) is 0 Å². The topological polar surface area (TPSA) is 0 Å². The standard InChI is InChI=1S/C8H4Cl3F13Si/c9-1(3(12,13)14)2(10,11)4(15,16)5(17,18)6(19,20)7(21,22)8(23,24)25/h1H,25H3. The fourth-order valence-electron chi connectivity index (χ4n) is 1.24. The third-order valence-electron chi connectivity index (χ3n) is 2.76. The Morgan fingerprint density at radius 2 is 0.840 bits per heavy atom. The van der Waals surface area contributed by atoms with Gasteiger partial charge in [0.25, 0.3) is 5.55 Å². The van der Waals surface area contributed by atoms with E-state index in [0.717, 1.165) is 0 Å². The van der Waals surface area contributed by atoms with Crippen LogP contribution in [-0.4, -0.2) is 55.4 Å². The van der Waals surface area contributed by atoms with E-state index in [1.807, 2.05) is 0 Å². The van der Waals surface area contributed by atoms with Gasteiger partial charge in [-0.05, 0) is 0 Å². The zero-order valence-electron chi connectivity index (χ0n) is 11.1. The van der Waals surface area contributed by atoms with E-state index in [9.17, 15) is 57.1 Å². The highest BCUT2D eigenvalue weighted by atomic mass is 35.5. The largest absolute Gasteiger partial charge is 0.408 e. The summed E-state index contributed by atoms with van der Waals surface area (Å²) in [5.74, 6) is -29.2. The fraction of sp³-hybridized carbons (Fsp3) is 1.00. The highest BCUT2D eigenvalue weighted by Gasteiger charge is 2.89. The van der Waals surface area contributed by atoms with Crippen LogP contribution in [0.3, 0.4) is 0 Å². The zero-order chi connectivity index (χ0) is 21.1. The SMILES string of the molecule is FC(F)(F)C(Cl)C(Cl)(Cl)C(F)(F)C(F)(F)C(F)(F)C(F)(F)C(F)(F)[SiH3]. The maximum Gasteiger partial charge on any atom is 0.408 e. The van der Waals surface area contributed by atoms with Crippen molar-refractivity contribution >= 4 is 45.0 Å². The predicted octanol–water partition coefficient (Wildman–Crippen LogP) is 4.83. The summed E-state index contributed by atoms with van der Waals surface area (Å²) in [6.45, 7) is 0. The van der Waals surface area contributed by atoms with E-state index >= 15 is 0 Å². The highest BCUT2D eigenvalue weighted by Crippen LogP contribution is 2.62. The number of hydrogen-bond donors (Lipinski definition) is 0. The highest BCUT2D eigenvalue weighted by molar-refractivity contribution is 6.53. The first-order valence-electron chi connectivity index (χ1n) is 5.38. The van der Waals surface area contributed by atoms with Gasteiger partial charge in [0.05, 0.1) is 10.2 Å². The van der Waals surface area contributed by atoms with Gasteiger partial charge in [-0.1, -0.05) is 23.2 Å². The van der Waals surface area contributed by atoms with Gasteiger partial charge in [-0.15, -0.1) is 11.6 Å². The Bertz CT molecular complexity index is 494. The molecule has 0 fully saturated rings. The van der Waals surface area contributed by atoms with Crippen LogP contribution in [0.4, 0.5) is 57.1 Å². The molecular formula is C8H4Cl3F13Si. The Kier molecular flexibility index (Phi) is 6.41. The quantitative estimate of drug-likeness (QED) is 0.290. The number of halogens is 16. The van der Waals surface area contributed by atoms with Gasteiger partial charge in [0.1, 0.15) is 0 Å². The van der Waals surface area contributed by atoms with Crippen molar-refractivity contribution in [2.24, 2.45) is 0 Å². The lowest BCUT2D eigenvalue weighted by molar-refractivity contribution is -0.392. The Balaban J connectivity index is 6.40. The molecule has 0 aromatic rings. The molecule has 17 heteroatoms. The normalized spacial score (nSPS) is 17.8. The molecule has 25 heavy (non-hydrogen) atoms. The molecule has 0 aromatic heterocycles. The molecule has 0 saturated carbocycles. The lowest BCUT2D eigenvalue weighted by Gasteiger charge is -2.43. The van der Waals surface area contributed by atoms with Gasteiger partial charge in [0, 0.05) is 0 Å². The first-order valence-corrected chi connectivity index (χ1v) is 7.57. The van der Waals surface area contributed by atoms with Crippen LogP contribution >= 0.6 is 34.8 Å². The second-order valence-corrected chi connectivity index (χ2v) is 7.79. The summed E-state index contributed by atoms with van der Waals surface area (Å²) in [4.78, 5) is 0. The summed E-state index contributed by atoms with van der Waals surface area (Å²) in [5, 5.41) is -4.36. The number of hydrogen-bond acceptors (Lipinski definition) is 0. The van der Waals surface area contributed by atoms with Crippen LogP contribution in [0.15, 0.2) is 0 Å². The molecule has 0 aliphatic rings. The smallest absolute Gasteiger partial charge is 0.206 e. The maximum absolute atomic E-state index is 13.5. The maximum atomic E-state index is 13.5. The van der Waals surface area contributed by atoms with Crippen LogP contribution in [0.2, 0.25) is 0 Å². The summed E-state index contributed by atoms with van der Waals surface area (Å²) >= 11 is 13.0. The van der Waals surface area contributed by atoms with Crippen LogP contribution in [0.1, 0.15) is 0 Å². The molecule has 0 aliphatic heterocycles. The second kappa shape index (κ2) is 6.36. The van der Waals surface area contributed by atoms with Gasteiger partial charge >= 0.3 is 29.9 Å². The molecular weight excluding hydrogens is 478 g/mol. The second-order valence-electron chi connectivity index (χ2n) is 4.71. The molecule has 0 aliphatic carbocycles.